The zero-order chi connectivity index (χ0) is 14.6. The quantitative estimate of drug-likeness (QED) is 0.736. The first-order valence-corrected chi connectivity index (χ1v) is 8.43. The van der Waals surface area contributed by atoms with Crippen LogP contribution in [0.1, 0.15) is 46.0 Å². The van der Waals surface area contributed by atoms with E-state index < -0.39 is 0 Å². The van der Waals surface area contributed by atoms with Gasteiger partial charge in [-0.05, 0) is 38.6 Å². The van der Waals surface area contributed by atoms with Crippen molar-refractivity contribution < 1.29 is 4.74 Å². The highest BCUT2D eigenvalue weighted by Gasteiger charge is 2.52. The summed E-state index contributed by atoms with van der Waals surface area (Å²) < 4.78 is 5.38. The second-order valence-electron chi connectivity index (χ2n) is 6.41. The summed E-state index contributed by atoms with van der Waals surface area (Å²) in [4.78, 5) is 5.39. The number of fused-ring (bicyclic) bond motifs is 1. The SMILES string of the molecule is CCC(CC)N(CCOC)C1(CN)CCN2CCCC21. The maximum atomic E-state index is 6.34. The molecule has 2 atom stereocenters. The Morgan fingerprint density at radius 2 is 2.10 bits per heavy atom. The highest BCUT2D eigenvalue weighted by Crippen LogP contribution is 2.41. The third-order valence-electron chi connectivity index (χ3n) is 5.66. The van der Waals surface area contributed by atoms with Crippen LogP contribution in [0.2, 0.25) is 0 Å². The van der Waals surface area contributed by atoms with Gasteiger partial charge in [-0.2, -0.15) is 0 Å². The van der Waals surface area contributed by atoms with Gasteiger partial charge in [0, 0.05) is 38.8 Å². The molecular weight excluding hydrogens is 250 g/mol. The molecular formula is C16H33N3O. The molecule has 2 heterocycles. The number of ether oxygens (including phenoxy) is 1. The molecule has 0 bridgehead atoms. The Morgan fingerprint density at radius 3 is 2.70 bits per heavy atom. The summed E-state index contributed by atoms with van der Waals surface area (Å²) in [5.41, 5.74) is 6.52. The van der Waals surface area contributed by atoms with E-state index in [1.807, 2.05) is 0 Å². The molecule has 0 aromatic rings. The molecule has 0 aromatic carbocycles. The van der Waals surface area contributed by atoms with Gasteiger partial charge in [0.25, 0.3) is 0 Å². The molecule has 0 saturated carbocycles. The standard InChI is InChI=1S/C16H33N3O/c1-4-14(5-2)19(11-12-20-3)16(13-17)8-10-18-9-6-7-15(16)18/h14-15H,4-13,17H2,1-3H3. The lowest BCUT2D eigenvalue weighted by atomic mass is 9.84. The molecule has 0 radical (unpaired) electrons. The van der Waals surface area contributed by atoms with Crippen molar-refractivity contribution in [3.8, 4) is 0 Å². The Bertz CT molecular complexity index is 295. The summed E-state index contributed by atoms with van der Waals surface area (Å²) in [7, 11) is 1.80. The Hall–Kier alpha value is -0.160. The molecule has 0 spiro atoms. The van der Waals surface area contributed by atoms with Gasteiger partial charge in [-0.3, -0.25) is 9.80 Å². The van der Waals surface area contributed by atoms with Crippen molar-refractivity contribution in [3.63, 3.8) is 0 Å². The van der Waals surface area contributed by atoms with E-state index in [0.29, 0.717) is 12.1 Å². The summed E-state index contributed by atoms with van der Waals surface area (Å²) >= 11 is 0. The molecule has 0 aliphatic carbocycles. The van der Waals surface area contributed by atoms with Crippen LogP contribution in [-0.4, -0.2) is 67.3 Å². The number of rotatable bonds is 8. The number of nitrogens with zero attached hydrogens (tertiary/aromatic N) is 2. The van der Waals surface area contributed by atoms with Crippen LogP contribution in [0.5, 0.6) is 0 Å². The fourth-order valence-corrected chi connectivity index (χ4v) is 4.58. The van der Waals surface area contributed by atoms with E-state index in [1.54, 1.807) is 7.11 Å². The zero-order valence-corrected chi connectivity index (χ0v) is 13.6. The van der Waals surface area contributed by atoms with Crippen LogP contribution in [0, 0.1) is 0 Å². The van der Waals surface area contributed by atoms with Gasteiger partial charge in [-0.15, -0.1) is 0 Å². The molecule has 4 heteroatoms. The second-order valence-corrected chi connectivity index (χ2v) is 6.41. The summed E-state index contributed by atoms with van der Waals surface area (Å²) in [6.07, 6.45) is 6.30. The van der Waals surface area contributed by atoms with Crippen molar-refractivity contribution in [1.82, 2.24) is 9.80 Å². The van der Waals surface area contributed by atoms with Crippen molar-refractivity contribution in [1.29, 1.82) is 0 Å². The topological polar surface area (TPSA) is 41.7 Å². The summed E-state index contributed by atoms with van der Waals surface area (Å²) in [5, 5.41) is 0. The fraction of sp³-hybridized carbons (Fsp3) is 1.00. The highest BCUT2D eigenvalue weighted by molar-refractivity contribution is 5.10. The van der Waals surface area contributed by atoms with E-state index in [1.165, 1.54) is 45.2 Å². The number of hydrogen-bond acceptors (Lipinski definition) is 4. The normalized spacial score (nSPS) is 30.6. The second kappa shape index (κ2) is 7.21. The lowest BCUT2D eigenvalue weighted by Gasteiger charge is -2.48. The molecule has 4 nitrogen and oxygen atoms in total. The molecule has 0 aromatic heterocycles. The Balaban J connectivity index is 2.23. The van der Waals surface area contributed by atoms with Crippen molar-refractivity contribution in [2.75, 3.05) is 39.9 Å². The largest absolute Gasteiger partial charge is 0.383 e. The van der Waals surface area contributed by atoms with Gasteiger partial charge < -0.3 is 10.5 Å². The monoisotopic (exact) mass is 283 g/mol. The van der Waals surface area contributed by atoms with Gasteiger partial charge in [0.1, 0.15) is 0 Å². The molecule has 2 fully saturated rings. The minimum Gasteiger partial charge on any atom is -0.383 e. The summed E-state index contributed by atoms with van der Waals surface area (Å²) in [5.74, 6) is 0. The van der Waals surface area contributed by atoms with Crippen LogP contribution >= 0.6 is 0 Å². The van der Waals surface area contributed by atoms with E-state index in [0.717, 1.165) is 19.7 Å². The van der Waals surface area contributed by atoms with Crippen LogP contribution in [0.25, 0.3) is 0 Å². The van der Waals surface area contributed by atoms with Crippen molar-refractivity contribution in [2.45, 2.75) is 63.6 Å². The average Bonchev–Trinajstić information content (AvgIpc) is 3.06. The van der Waals surface area contributed by atoms with Crippen LogP contribution in [0.3, 0.4) is 0 Å². The molecule has 2 aliphatic rings. The highest BCUT2D eigenvalue weighted by atomic mass is 16.5. The Kier molecular flexibility index (Phi) is 5.84. The lowest BCUT2D eigenvalue weighted by Crippen LogP contribution is -2.63. The molecule has 0 amide bonds. The van der Waals surface area contributed by atoms with E-state index >= 15 is 0 Å². The fourth-order valence-electron chi connectivity index (χ4n) is 4.58. The third kappa shape index (κ3) is 2.76. The van der Waals surface area contributed by atoms with Gasteiger partial charge in [-0.25, -0.2) is 0 Å². The van der Waals surface area contributed by atoms with Gasteiger partial charge in [0.15, 0.2) is 0 Å². The molecule has 2 unspecified atom stereocenters. The maximum absolute atomic E-state index is 6.34. The zero-order valence-electron chi connectivity index (χ0n) is 13.6. The van der Waals surface area contributed by atoms with Crippen LogP contribution < -0.4 is 5.73 Å². The van der Waals surface area contributed by atoms with E-state index in [-0.39, 0.29) is 5.54 Å². The molecule has 2 rings (SSSR count). The minimum atomic E-state index is 0.186. The smallest absolute Gasteiger partial charge is 0.0590 e. The van der Waals surface area contributed by atoms with Crippen molar-refractivity contribution >= 4 is 0 Å². The van der Waals surface area contributed by atoms with Crippen molar-refractivity contribution in [3.05, 3.63) is 0 Å². The first-order valence-electron chi connectivity index (χ1n) is 8.43. The van der Waals surface area contributed by atoms with Gasteiger partial charge in [0.2, 0.25) is 0 Å². The Labute approximate surface area is 124 Å². The molecule has 118 valence electrons. The average molecular weight is 283 g/mol. The van der Waals surface area contributed by atoms with Gasteiger partial charge in [0.05, 0.1) is 12.1 Å². The molecule has 2 N–H and O–H groups in total. The number of hydrogen-bond donors (Lipinski definition) is 1. The van der Waals surface area contributed by atoms with Crippen molar-refractivity contribution in [2.24, 2.45) is 5.73 Å². The summed E-state index contributed by atoms with van der Waals surface area (Å²) in [6, 6.07) is 1.30. The molecule has 20 heavy (non-hydrogen) atoms. The van der Waals surface area contributed by atoms with Crippen LogP contribution in [0.4, 0.5) is 0 Å². The first-order chi connectivity index (χ1) is 9.73. The number of nitrogens with two attached hydrogens (primary N) is 1. The number of methoxy groups -OCH3 is 1. The molecule has 2 aliphatic heterocycles. The van der Waals surface area contributed by atoms with E-state index in [4.69, 9.17) is 10.5 Å². The first kappa shape index (κ1) is 16.2. The van der Waals surface area contributed by atoms with E-state index in [9.17, 15) is 0 Å². The lowest BCUT2D eigenvalue weighted by molar-refractivity contribution is 0.00331. The van der Waals surface area contributed by atoms with Crippen LogP contribution in [-0.2, 0) is 4.74 Å². The molecule has 2 saturated heterocycles. The predicted octanol–water partition coefficient (Wildman–Crippen LogP) is 1.69. The minimum absolute atomic E-state index is 0.186. The van der Waals surface area contributed by atoms with Gasteiger partial charge >= 0.3 is 0 Å². The van der Waals surface area contributed by atoms with Crippen LogP contribution in [0.15, 0.2) is 0 Å². The predicted molar refractivity (Wildman–Crippen MR) is 83.9 cm³/mol. The van der Waals surface area contributed by atoms with Gasteiger partial charge in [-0.1, -0.05) is 13.8 Å². The Morgan fingerprint density at radius 1 is 1.35 bits per heavy atom. The van der Waals surface area contributed by atoms with E-state index in [2.05, 4.69) is 23.6 Å². The third-order valence-corrected chi connectivity index (χ3v) is 5.66. The summed E-state index contributed by atoms with van der Waals surface area (Å²) in [6.45, 7) is 9.72. The maximum Gasteiger partial charge on any atom is 0.0590 e.